The minimum Gasteiger partial charge on any atom is -0.392 e. The zero-order chi connectivity index (χ0) is 14.3. The maximum absolute atomic E-state index is 9.88. The molecule has 1 N–H and O–H groups in total. The van der Waals surface area contributed by atoms with Crippen molar-refractivity contribution in [1.29, 1.82) is 0 Å². The van der Waals surface area contributed by atoms with E-state index in [4.69, 9.17) is 0 Å². The number of aliphatic hydroxyl groups is 1. The maximum atomic E-state index is 9.88. The van der Waals surface area contributed by atoms with Crippen molar-refractivity contribution < 1.29 is 26.8 Å². The van der Waals surface area contributed by atoms with Crippen LogP contribution < -0.4 is 0 Å². The van der Waals surface area contributed by atoms with E-state index >= 15 is 0 Å². The quantitative estimate of drug-likeness (QED) is 0.797. The van der Waals surface area contributed by atoms with Crippen LogP contribution in [0.25, 0.3) is 16.3 Å². The van der Waals surface area contributed by atoms with Gasteiger partial charge >= 0.3 is 0 Å². The first-order valence-corrected chi connectivity index (χ1v) is 7.15. The second-order valence-electron chi connectivity index (χ2n) is 5.65. The molecule has 21 heavy (non-hydrogen) atoms. The molecular weight excluding hydrogens is 292 g/mol. The predicted molar refractivity (Wildman–Crippen MR) is 85.4 cm³/mol. The molecule has 2 aromatic rings. The summed E-state index contributed by atoms with van der Waals surface area (Å²) in [6.07, 6.45) is 2.31. The Labute approximate surface area is 141 Å². The summed E-state index contributed by atoms with van der Waals surface area (Å²) in [5, 5.41) is 12.2. The monoisotopic (exact) mass is 312 g/mol. The second kappa shape index (κ2) is 6.31. The molecule has 0 aromatic heterocycles. The molecule has 0 bridgehead atoms. The number of aliphatic hydroxyl groups excluding tert-OH is 1. The van der Waals surface area contributed by atoms with Crippen LogP contribution in [0.3, 0.4) is 0 Å². The molecule has 106 valence electrons. The summed E-state index contributed by atoms with van der Waals surface area (Å²) in [6, 6.07) is 12.6. The van der Waals surface area contributed by atoms with Crippen LogP contribution >= 0.6 is 0 Å². The summed E-state index contributed by atoms with van der Waals surface area (Å²) in [7, 11) is 0. The van der Waals surface area contributed by atoms with Crippen LogP contribution in [0, 0.1) is 5.92 Å². The van der Waals surface area contributed by atoms with Crippen LogP contribution in [-0.2, 0) is 28.3 Å². The smallest absolute Gasteiger partial charge is 0.0693 e. The molecule has 0 spiro atoms. The van der Waals surface area contributed by atoms with Gasteiger partial charge in [-0.05, 0) is 46.9 Å². The van der Waals surface area contributed by atoms with Crippen molar-refractivity contribution >= 4 is 16.3 Å². The average Bonchev–Trinajstić information content (AvgIpc) is 2.71. The van der Waals surface area contributed by atoms with Crippen LogP contribution in [0.15, 0.2) is 53.6 Å². The normalized spacial score (nSPS) is 17.9. The van der Waals surface area contributed by atoms with E-state index in [9.17, 15) is 5.11 Å². The largest absolute Gasteiger partial charge is 0.392 e. The summed E-state index contributed by atoms with van der Waals surface area (Å²) in [5.41, 5.74) is 6.31. The van der Waals surface area contributed by atoms with E-state index in [1.54, 1.807) is 0 Å². The van der Waals surface area contributed by atoms with Gasteiger partial charge in [0.2, 0.25) is 0 Å². The third kappa shape index (κ3) is 2.66. The molecule has 2 heteroatoms. The van der Waals surface area contributed by atoms with Gasteiger partial charge in [-0.25, -0.2) is 0 Å². The van der Waals surface area contributed by atoms with Gasteiger partial charge in [-0.1, -0.05) is 55.0 Å². The molecule has 0 aliphatic heterocycles. The van der Waals surface area contributed by atoms with Gasteiger partial charge in [0.15, 0.2) is 0 Å². The second-order valence-corrected chi connectivity index (χ2v) is 5.65. The Morgan fingerprint density at radius 3 is 2.38 bits per heavy atom. The predicted octanol–water partition coefficient (Wildman–Crippen LogP) is 4.70. The maximum Gasteiger partial charge on any atom is 0.0693 e. The van der Waals surface area contributed by atoms with Gasteiger partial charge in [0.1, 0.15) is 0 Å². The summed E-state index contributed by atoms with van der Waals surface area (Å²) in [4.78, 5) is 0. The van der Waals surface area contributed by atoms with Gasteiger partial charge < -0.3 is 5.11 Å². The van der Waals surface area contributed by atoms with E-state index in [1.165, 1.54) is 27.7 Å². The molecule has 0 saturated heterocycles. The van der Waals surface area contributed by atoms with Crippen LogP contribution in [-0.4, -0.2) is 5.11 Å². The van der Waals surface area contributed by atoms with E-state index in [1.807, 2.05) is 12.1 Å². The minimum absolute atomic E-state index is 0. The van der Waals surface area contributed by atoms with Gasteiger partial charge in [0.05, 0.1) is 6.61 Å². The van der Waals surface area contributed by atoms with Gasteiger partial charge in [0, 0.05) is 27.6 Å². The van der Waals surface area contributed by atoms with Crippen molar-refractivity contribution in [2.45, 2.75) is 27.4 Å². The first-order chi connectivity index (χ1) is 9.63. The Morgan fingerprint density at radius 2 is 1.76 bits per heavy atom. The Bertz CT molecular complexity index is 740. The Morgan fingerprint density at radius 1 is 1.05 bits per heavy atom. The number of fused-ring (bicyclic) bond motifs is 1. The molecule has 2 aromatic carbocycles. The molecule has 1 unspecified atom stereocenters. The fraction of sp³-hybridized carbons (Fsp3) is 0.263. The van der Waals surface area contributed by atoms with E-state index in [-0.39, 0.29) is 28.3 Å². The minimum atomic E-state index is 0. The number of hydrogen-bond acceptors (Lipinski definition) is 1. The number of allylic oxidation sites excluding steroid dienone is 4. The van der Waals surface area contributed by atoms with Gasteiger partial charge in [0.25, 0.3) is 0 Å². The zero-order valence-corrected chi connectivity index (χ0v) is 14.3. The number of hydrogen-bond donors (Lipinski definition) is 1. The van der Waals surface area contributed by atoms with E-state index in [0.717, 1.165) is 10.9 Å². The molecule has 1 atom stereocenters. The van der Waals surface area contributed by atoms with Gasteiger partial charge in [-0.15, -0.1) is 0 Å². The van der Waals surface area contributed by atoms with Gasteiger partial charge in [-0.2, -0.15) is 0 Å². The summed E-state index contributed by atoms with van der Waals surface area (Å²) in [5.74, 6) is 0.418. The summed E-state index contributed by atoms with van der Waals surface area (Å²) >= 11 is 0. The Balaban J connectivity index is 0.00000161. The summed E-state index contributed by atoms with van der Waals surface area (Å²) in [6.45, 7) is 6.66. The van der Waals surface area contributed by atoms with Crippen molar-refractivity contribution in [1.82, 2.24) is 0 Å². The molecule has 1 aliphatic rings. The molecule has 0 radical (unpaired) electrons. The molecule has 1 aliphatic carbocycles. The molecular formula is C19H20OTi. The Hall–Kier alpha value is -1.15. The topological polar surface area (TPSA) is 20.2 Å². The summed E-state index contributed by atoms with van der Waals surface area (Å²) < 4.78 is 0. The van der Waals surface area contributed by atoms with Crippen LogP contribution in [0.1, 0.15) is 31.9 Å². The van der Waals surface area contributed by atoms with Crippen LogP contribution in [0.4, 0.5) is 0 Å². The van der Waals surface area contributed by atoms with Crippen LogP contribution in [0.5, 0.6) is 0 Å². The molecule has 0 heterocycles. The van der Waals surface area contributed by atoms with E-state index < -0.39 is 0 Å². The fourth-order valence-corrected chi connectivity index (χ4v) is 3.34. The van der Waals surface area contributed by atoms with E-state index in [0.29, 0.717) is 5.92 Å². The number of benzene rings is 2. The van der Waals surface area contributed by atoms with Gasteiger partial charge in [-0.3, -0.25) is 0 Å². The fourth-order valence-electron chi connectivity index (χ4n) is 3.34. The van der Waals surface area contributed by atoms with Crippen molar-refractivity contribution in [3.63, 3.8) is 0 Å². The SMILES string of the molecule is CC1=CC(C)C(c2ccc3ccccc3c2CO)=C1C.[Ti]. The zero-order valence-electron chi connectivity index (χ0n) is 12.8. The van der Waals surface area contributed by atoms with Crippen molar-refractivity contribution in [2.24, 2.45) is 5.92 Å². The molecule has 0 saturated carbocycles. The molecule has 0 amide bonds. The van der Waals surface area contributed by atoms with Crippen molar-refractivity contribution in [3.8, 4) is 0 Å². The first kappa shape index (κ1) is 16.2. The third-order valence-electron chi connectivity index (χ3n) is 4.44. The van der Waals surface area contributed by atoms with Crippen molar-refractivity contribution in [3.05, 3.63) is 64.7 Å². The Kier molecular flexibility index (Phi) is 4.88. The van der Waals surface area contributed by atoms with Crippen LogP contribution in [0.2, 0.25) is 0 Å². The molecule has 1 nitrogen and oxygen atoms in total. The molecule has 3 rings (SSSR count). The van der Waals surface area contributed by atoms with E-state index in [2.05, 4.69) is 51.1 Å². The number of rotatable bonds is 2. The van der Waals surface area contributed by atoms with Crippen molar-refractivity contribution in [2.75, 3.05) is 0 Å². The first-order valence-electron chi connectivity index (χ1n) is 7.15. The average molecular weight is 312 g/mol. The standard InChI is InChI=1S/C19H20O.Ti/c1-12-10-13(2)19(14(12)3)17-9-8-15-6-4-5-7-16(15)18(17)11-20;/h4-10,13,20H,11H2,1-3H3;. The molecule has 0 fully saturated rings. The third-order valence-corrected chi connectivity index (χ3v) is 4.44.